The van der Waals surface area contributed by atoms with E-state index in [1.807, 2.05) is 0 Å². The van der Waals surface area contributed by atoms with Crippen molar-refractivity contribution in [2.24, 2.45) is 12.8 Å². The molecule has 108 valence electrons. The molecule has 0 amide bonds. The lowest BCUT2D eigenvalue weighted by molar-refractivity contribution is -0.137. The summed E-state index contributed by atoms with van der Waals surface area (Å²) < 4.78 is 53.3. The van der Waals surface area contributed by atoms with Crippen molar-refractivity contribution in [3.8, 4) is 0 Å². The van der Waals surface area contributed by atoms with Gasteiger partial charge >= 0.3 is 6.18 Å². The number of aryl methyl sites for hydroxylation is 1. The number of nitrogens with two attached hydrogens (primary N) is 1. The van der Waals surface area contributed by atoms with E-state index in [0.29, 0.717) is 12.1 Å². The van der Waals surface area contributed by atoms with Crippen LogP contribution in [0, 0.1) is 5.82 Å². The molecule has 2 aromatic rings. The molecule has 0 fully saturated rings. The summed E-state index contributed by atoms with van der Waals surface area (Å²) >= 11 is 3.08. The van der Waals surface area contributed by atoms with E-state index in [4.69, 9.17) is 5.73 Å². The summed E-state index contributed by atoms with van der Waals surface area (Å²) in [6.45, 7) is 0. The molecule has 0 saturated heterocycles. The lowest BCUT2D eigenvalue weighted by Gasteiger charge is -2.15. The van der Waals surface area contributed by atoms with Gasteiger partial charge in [-0.25, -0.2) is 9.07 Å². The first-order valence-electron chi connectivity index (χ1n) is 5.39. The van der Waals surface area contributed by atoms with Crippen LogP contribution in [0.25, 0.3) is 0 Å². The molecule has 20 heavy (non-hydrogen) atoms. The number of rotatable bonds is 2. The van der Waals surface area contributed by atoms with E-state index < -0.39 is 23.6 Å². The van der Waals surface area contributed by atoms with Crippen molar-refractivity contribution in [2.75, 3.05) is 0 Å². The minimum Gasteiger partial charge on any atom is -0.319 e. The summed E-state index contributed by atoms with van der Waals surface area (Å²) in [5, 5.41) is 7.33. The van der Waals surface area contributed by atoms with Crippen molar-refractivity contribution in [1.82, 2.24) is 15.0 Å². The predicted octanol–water partition coefficient (Wildman–Crippen LogP) is 2.78. The molecule has 1 unspecified atom stereocenters. The third-order valence-electron chi connectivity index (χ3n) is 2.78. The number of halogens is 5. The van der Waals surface area contributed by atoms with Gasteiger partial charge in [-0.05, 0) is 34.1 Å². The fraction of sp³-hybridized carbons (Fsp3) is 0.273. The molecule has 0 aliphatic rings. The molecule has 2 rings (SSSR count). The van der Waals surface area contributed by atoms with Crippen LogP contribution in [-0.4, -0.2) is 15.0 Å². The zero-order valence-electron chi connectivity index (χ0n) is 10.1. The van der Waals surface area contributed by atoms with Crippen LogP contribution in [0.2, 0.25) is 0 Å². The number of benzene rings is 1. The summed E-state index contributed by atoms with van der Waals surface area (Å²) in [6.07, 6.45) is -4.57. The zero-order valence-corrected chi connectivity index (χ0v) is 11.7. The molecule has 0 aliphatic carbocycles. The van der Waals surface area contributed by atoms with E-state index in [1.165, 1.54) is 11.7 Å². The van der Waals surface area contributed by atoms with Gasteiger partial charge in [-0.2, -0.15) is 13.2 Å². The Labute approximate surface area is 119 Å². The van der Waals surface area contributed by atoms with Crippen LogP contribution in [-0.2, 0) is 13.2 Å². The highest BCUT2D eigenvalue weighted by Crippen LogP contribution is 2.33. The van der Waals surface area contributed by atoms with Crippen molar-refractivity contribution < 1.29 is 17.6 Å². The Morgan fingerprint density at radius 3 is 2.50 bits per heavy atom. The highest BCUT2D eigenvalue weighted by molar-refractivity contribution is 9.10. The van der Waals surface area contributed by atoms with Crippen molar-refractivity contribution in [3.63, 3.8) is 0 Å². The molecule has 4 nitrogen and oxygen atoms in total. The fourth-order valence-corrected chi connectivity index (χ4v) is 2.35. The van der Waals surface area contributed by atoms with E-state index in [2.05, 4.69) is 26.2 Å². The molecule has 1 atom stereocenters. The number of hydrogen-bond donors (Lipinski definition) is 1. The highest BCUT2D eigenvalue weighted by atomic mass is 79.9. The third kappa shape index (κ3) is 2.68. The van der Waals surface area contributed by atoms with Gasteiger partial charge < -0.3 is 5.73 Å². The number of hydrogen-bond acceptors (Lipinski definition) is 3. The summed E-state index contributed by atoms with van der Waals surface area (Å²) in [4.78, 5) is 0. The summed E-state index contributed by atoms with van der Waals surface area (Å²) in [5.41, 5.74) is 4.88. The average molecular weight is 353 g/mol. The van der Waals surface area contributed by atoms with Crippen LogP contribution in [0.4, 0.5) is 17.6 Å². The minimum atomic E-state index is -4.57. The fourth-order valence-electron chi connectivity index (χ4n) is 1.77. The van der Waals surface area contributed by atoms with Crippen LogP contribution >= 0.6 is 15.9 Å². The van der Waals surface area contributed by atoms with Gasteiger partial charge in [0.1, 0.15) is 5.82 Å². The quantitative estimate of drug-likeness (QED) is 0.845. The standard InChI is InChI=1S/C11H9BrF4N4/c1-20-9(10(12)18-19-20)8(17)6-4-5(11(14,15)16)2-3-7(6)13/h2-4,8H,17H2,1H3. The van der Waals surface area contributed by atoms with E-state index >= 15 is 0 Å². The van der Waals surface area contributed by atoms with Gasteiger partial charge in [-0.3, -0.25) is 0 Å². The van der Waals surface area contributed by atoms with E-state index in [-0.39, 0.29) is 15.9 Å². The lowest BCUT2D eigenvalue weighted by atomic mass is 10.0. The Morgan fingerprint density at radius 2 is 2.00 bits per heavy atom. The van der Waals surface area contributed by atoms with E-state index in [9.17, 15) is 17.6 Å². The Bertz CT molecular complexity index is 618. The minimum absolute atomic E-state index is 0.254. The second-order valence-corrected chi connectivity index (χ2v) is 4.85. The second kappa shape index (κ2) is 5.13. The SMILES string of the molecule is Cn1nnc(Br)c1C(N)c1cc(C(F)(F)F)ccc1F. The third-order valence-corrected chi connectivity index (χ3v) is 3.34. The lowest BCUT2D eigenvalue weighted by Crippen LogP contribution is -2.19. The van der Waals surface area contributed by atoms with Gasteiger partial charge in [0.25, 0.3) is 0 Å². The summed E-state index contributed by atoms with van der Waals surface area (Å²) in [5.74, 6) is -0.821. The van der Waals surface area contributed by atoms with Gasteiger partial charge in [0.05, 0.1) is 17.3 Å². The first kappa shape index (κ1) is 14.9. The molecular weight excluding hydrogens is 344 g/mol. The Morgan fingerprint density at radius 1 is 1.35 bits per heavy atom. The van der Waals surface area contributed by atoms with Gasteiger partial charge in [0.2, 0.25) is 0 Å². The van der Waals surface area contributed by atoms with Crippen LogP contribution < -0.4 is 5.73 Å². The molecule has 2 N–H and O–H groups in total. The van der Waals surface area contributed by atoms with Gasteiger partial charge in [0, 0.05) is 12.6 Å². The predicted molar refractivity (Wildman–Crippen MR) is 66.1 cm³/mol. The monoisotopic (exact) mass is 352 g/mol. The maximum Gasteiger partial charge on any atom is 0.416 e. The molecule has 1 heterocycles. The van der Waals surface area contributed by atoms with Crippen LogP contribution in [0.3, 0.4) is 0 Å². The highest BCUT2D eigenvalue weighted by Gasteiger charge is 2.32. The summed E-state index contributed by atoms with van der Waals surface area (Å²) in [6, 6.07) is 0.990. The van der Waals surface area contributed by atoms with Gasteiger partial charge in [0.15, 0.2) is 4.60 Å². The molecule has 0 aliphatic heterocycles. The summed E-state index contributed by atoms with van der Waals surface area (Å²) in [7, 11) is 1.51. The average Bonchev–Trinajstić information content (AvgIpc) is 2.67. The van der Waals surface area contributed by atoms with Crippen molar-refractivity contribution in [3.05, 3.63) is 45.4 Å². The smallest absolute Gasteiger partial charge is 0.319 e. The van der Waals surface area contributed by atoms with Crippen LogP contribution in [0.1, 0.15) is 22.9 Å². The number of nitrogens with zero attached hydrogens (tertiary/aromatic N) is 3. The molecule has 0 radical (unpaired) electrons. The number of alkyl halides is 3. The van der Waals surface area contributed by atoms with Crippen molar-refractivity contribution in [2.45, 2.75) is 12.2 Å². The number of aromatic nitrogens is 3. The molecule has 0 bridgehead atoms. The molecule has 1 aromatic heterocycles. The van der Waals surface area contributed by atoms with E-state index in [1.54, 1.807) is 0 Å². The van der Waals surface area contributed by atoms with Crippen LogP contribution in [0.15, 0.2) is 22.8 Å². The second-order valence-electron chi connectivity index (χ2n) is 4.10. The first-order chi connectivity index (χ1) is 9.21. The van der Waals surface area contributed by atoms with Crippen molar-refractivity contribution in [1.29, 1.82) is 0 Å². The van der Waals surface area contributed by atoms with Gasteiger partial charge in [-0.1, -0.05) is 5.21 Å². The molecular formula is C11H9BrF4N4. The Balaban J connectivity index is 2.52. The van der Waals surface area contributed by atoms with Gasteiger partial charge in [-0.15, -0.1) is 5.10 Å². The largest absolute Gasteiger partial charge is 0.416 e. The zero-order chi connectivity index (χ0) is 15.1. The Hall–Kier alpha value is -1.48. The van der Waals surface area contributed by atoms with Crippen LogP contribution in [0.5, 0.6) is 0 Å². The Kier molecular flexibility index (Phi) is 3.83. The van der Waals surface area contributed by atoms with E-state index in [0.717, 1.165) is 6.07 Å². The normalized spacial score (nSPS) is 13.6. The maximum absolute atomic E-state index is 13.8. The van der Waals surface area contributed by atoms with Crippen molar-refractivity contribution >= 4 is 15.9 Å². The maximum atomic E-state index is 13.8. The first-order valence-corrected chi connectivity index (χ1v) is 6.18. The molecule has 1 aromatic carbocycles. The molecule has 0 spiro atoms. The molecule has 0 saturated carbocycles. The molecule has 9 heteroatoms. The topological polar surface area (TPSA) is 56.7 Å².